The molecule has 0 atom stereocenters. The number of hydrogen-bond acceptors (Lipinski definition) is 0. The molecule has 0 nitrogen and oxygen atoms in total. The van der Waals surface area contributed by atoms with Gasteiger partial charge >= 0.3 is 43.2 Å². The molecule has 0 unspecified atom stereocenters. The Bertz CT molecular complexity index is 11.6. The van der Waals surface area contributed by atoms with E-state index in [2.05, 4.69) is 0 Å². The number of hydrogen-bond donors (Lipinski definition) is 0. The Morgan fingerprint density at radius 3 is 1.00 bits per heavy atom. The van der Waals surface area contributed by atoms with Gasteiger partial charge in [0.15, 0.2) is 0 Å². The maximum Gasteiger partial charge on any atom is 0 e. The summed E-state index contributed by atoms with van der Waals surface area (Å²) in [6, 6.07) is 0. The van der Waals surface area contributed by atoms with Gasteiger partial charge in [-0.15, -0.1) is 0 Å². The molecular weight excluding hydrogens is 281 g/mol. The molecule has 0 amide bonds. The zero-order valence-corrected chi connectivity index (χ0v) is 8.00. The Balaban J connectivity index is 0. The zero-order chi connectivity index (χ0) is 3.58. The van der Waals surface area contributed by atoms with Gasteiger partial charge in [0.25, 0.3) is 0 Å². The molecule has 0 N–H and O–H groups in total. The smallest absolute Gasteiger partial charge is 0 e. The van der Waals surface area contributed by atoms with E-state index in [-0.39, 0.29) is 21.7 Å². The fourth-order valence-corrected chi connectivity index (χ4v) is 0. The van der Waals surface area contributed by atoms with Crippen LogP contribution in [0.2, 0.25) is 0 Å². The summed E-state index contributed by atoms with van der Waals surface area (Å²) in [5.41, 5.74) is 0. The van der Waals surface area contributed by atoms with Gasteiger partial charge in [-0.3, -0.25) is 0 Å². The molecule has 0 aliphatic carbocycles. The van der Waals surface area contributed by atoms with Gasteiger partial charge in [0, 0.05) is 21.7 Å². The first-order valence-electron chi connectivity index (χ1n) is 0.429. The topological polar surface area (TPSA) is 0 Å². The van der Waals surface area contributed by atoms with E-state index in [4.69, 9.17) is 26.7 Å². The fraction of sp³-hybridized carbons (Fsp3) is 0. The molecule has 0 fully saturated rings. The monoisotopic (exact) mass is 280 g/mol. The summed E-state index contributed by atoms with van der Waals surface area (Å²) in [7, 11) is 14.9. The second kappa shape index (κ2) is 6.31. The third-order valence-electron chi connectivity index (χ3n) is 0. The molecule has 0 heterocycles. The van der Waals surface area contributed by atoms with Crippen LogP contribution < -0.4 is 0 Å². The fourth-order valence-electron chi connectivity index (χ4n) is 0. The molecule has 0 aliphatic heterocycles. The van der Waals surface area contributed by atoms with Crippen molar-refractivity contribution in [3.63, 3.8) is 0 Å². The minimum atomic E-state index is -1.85. The average Bonchev–Trinajstić information content (AvgIpc) is 0.811. The van der Waals surface area contributed by atoms with Crippen LogP contribution >= 0.6 is 43.2 Å². The molecule has 32 valence electrons. The Morgan fingerprint density at radius 2 is 1.00 bits per heavy atom. The van der Waals surface area contributed by atoms with Gasteiger partial charge in [0.2, 0.25) is 0 Å². The summed E-state index contributed by atoms with van der Waals surface area (Å²) in [4.78, 5) is 0. The van der Waals surface area contributed by atoms with Crippen molar-refractivity contribution in [2.24, 2.45) is 0 Å². The second-order valence-electron chi connectivity index (χ2n) is 0.162. The zero-order valence-electron chi connectivity index (χ0n) is 2.01. The van der Waals surface area contributed by atoms with Gasteiger partial charge in [-0.2, -0.15) is 0 Å². The minimum absolute atomic E-state index is 0. The molecule has 0 saturated heterocycles. The van der Waals surface area contributed by atoms with Crippen molar-refractivity contribution in [2.75, 3.05) is 0 Å². The van der Waals surface area contributed by atoms with E-state index in [1.165, 1.54) is 0 Å². The maximum atomic E-state index is 4.96. The minimum Gasteiger partial charge on any atom is 0 e. The molecule has 0 aromatic rings. The third-order valence-corrected chi connectivity index (χ3v) is 0. The quantitative estimate of drug-likeness (QED) is 0.473. The molecule has 0 radical (unpaired) electrons. The van der Waals surface area contributed by atoms with Crippen molar-refractivity contribution in [3.05, 3.63) is 0 Å². The van der Waals surface area contributed by atoms with Crippen LogP contribution in [0, 0.1) is 0 Å². The predicted molar refractivity (Wildman–Crippen MR) is 31.6 cm³/mol. The Morgan fingerprint density at radius 1 is 1.00 bits per heavy atom. The molecule has 0 aromatic carbocycles. The SMILES string of the molecule is ClI(Cl)Cl.[Ti]. The van der Waals surface area contributed by atoms with Crippen LogP contribution in [0.15, 0.2) is 0 Å². The van der Waals surface area contributed by atoms with Crippen LogP contribution in [0.3, 0.4) is 0 Å². The van der Waals surface area contributed by atoms with Crippen molar-refractivity contribution in [2.45, 2.75) is 0 Å². The standard InChI is InChI=1S/Cl3I.Ti/c1-4(2)3;. The molecule has 0 aromatic heterocycles. The Kier molecular flexibility index (Phi) is 13.0. The van der Waals surface area contributed by atoms with Crippen LogP contribution in [0.25, 0.3) is 0 Å². The first-order chi connectivity index (χ1) is 1.73. The van der Waals surface area contributed by atoms with Gasteiger partial charge < -0.3 is 0 Å². The molecule has 0 spiro atoms. The summed E-state index contributed by atoms with van der Waals surface area (Å²) in [5.74, 6) is 0. The average molecular weight is 281 g/mol. The van der Waals surface area contributed by atoms with Crippen LogP contribution in [0.5, 0.6) is 0 Å². The molecule has 0 rings (SSSR count). The van der Waals surface area contributed by atoms with Crippen molar-refractivity contribution >= 4 is 43.2 Å². The van der Waals surface area contributed by atoms with Gasteiger partial charge in [0.1, 0.15) is 0 Å². The summed E-state index contributed by atoms with van der Waals surface area (Å²) in [5, 5.41) is 0. The van der Waals surface area contributed by atoms with E-state index in [1.54, 1.807) is 0 Å². The van der Waals surface area contributed by atoms with Crippen molar-refractivity contribution in [1.29, 1.82) is 0 Å². The normalized spacial score (nSPS) is 9.00. The van der Waals surface area contributed by atoms with Gasteiger partial charge in [-0.25, -0.2) is 0 Å². The Hall–Kier alpha value is 2.31. The van der Waals surface area contributed by atoms with Crippen molar-refractivity contribution < 1.29 is 21.7 Å². The van der Waals surface area contributed by atoms with Crippen molar-refractivity contribution in [3.8, 4) is 0 Å². The van der Waals surface area contributed by atoms with Crippen molar-refractivity contribution in [1.82, 2.24) is 0 Å². The number of rotatable bonds is 0. The summed E-state index contributed by atoms with van der Waals surface area (Å²) < 4.78 is 0. The predicted octanol–water partition coefficient (Wildman–Crippen LogP) is 2.95. The Labute approximate surface area is 63.9 Å². The van der Waals surface area contributed by atoms with E-state index in [0.29, 0.717) is 0 Å². The van der Waals surface area contributed by atoms with E-state index < -0.39 is 16.4 Å². The second-order valence-corrected chi connectivity index (χ2v) is 9.78. The summed E-state index contributed by atoms with van der Waals surface area (Å²) >= 11 is -1.85. The van der Waals surface area contributed by atoms with E-state index in [9.17, 15) is 0 Å². The first kappa shape index (κ1) is 10.3. The molecule has 0 saturated carbocycles. The molecule has 0 bridgehead atoms. The molecule has 5 heavy (non-hydrogen) atoms. The van der Waals surface area contributed by atoms with Crippen LogP contribution in [-0.4, -0.2) is 0 Å². The summed E-state index contributed by atoms with van der Waals surface area (Å²) in [6.45, 7) is 0. The molecule has 0 aliphatic rings. The van der Waals surface area contributed by atoms with Crippen LogP contribution in [0.4, 0.5) is 0 Å². The van der Waals surface area contributed by atoms with E-state index in [0.717, 1.165) is 0 Å². The largest absolute Gasteiger partial charge is 0 e. The van der Waals surface area contributed by atoms with Crippen LogP contribution in [-0.2, 0) is 21.7 Å². The number of halogens is 4. The molecule has 5 heteroatoms. The van der Waals surface area contributed by atoms with Crippen LogP contribution in [0.1, 0.15) is 0 Å². The first-order valence-corrected chi connectivity index (χ1v) is 8.62. The van der Waals surface area contributed by atoms with E-state index in [1.807, 2.05) is 0 Å². The van der Waals surface area contributed by atoms with Gasteiger partial charge in [-0.05, 0) is 0 Å². The molecular formula is Cl3ITi. The van der Waals surface area contributed by atoms with E-state index >= 15 is 0 Å². The summed E-state index contributed by atoms with van der Waals surface area (Å²) in [6.07, 6.45) is 0. The third kappa shape index (κ3) is 21.9. The maximum absolute atomic E-state index is 4.96. The van der Waals surface area contributed by atoms with Gasteiger partial charge in [0.05, 0.1) is 0 Å². The van der Waals surface area contributed by atoms with Gasteiger partial charge in [-0.1, -0.05) is 0 Å².